The van der Waals surface area contributed by atoms with Gasteiger partial charge in [0.25, 0.3) is 0 Å². The van der Waals surface area contributed by atoms with E-state index in [0.29, 0.717) is 6.61 Å². The molecule has 0 rings (SSSR count). The SMILES string of the molecule is CC[C@H](O[C@H](CO)COC)[C@@H](C)O. The Labute approximate surface area is 79.5 Å². The van der Waals surface area contributed by atoms with E-state index < -0.39 is 6.10 Å². The van der Waals surface area contributed by atoms with Crippen LogP contribution < -0.4 is 0 Å². The minimum absolute atomic E-state index is 0.0862. The second-order valence-electron chi connectivity index (χ2n) is 3.08. The molecule has 0 radical (unpaired) electrons. The van der Waals surface area contributed by atoms with E-state index in [1.807, 2.05) is 6.92 Å². The second-order valence-corrected chi connectivity index (χ2v) is 3.08. The van der Waals surface area contributed by atoms with E-state index in [9.17, 15) is 5.11 Å². The van der Waals surface area contributed by atoms with E-state index in [-0.39, 0.29) is 18.8 Å². The van der Waals surface area contributed by atoms with Gasteiger partial charge in [-0.2, -0.15) is 0 Å². The van der Waals surface area contributed by atoms with Gasteiger partial charge >= 0.3 is 0 Å². The summed E-state index contributed by atoms with van der Waals surface area (Å²) in [6, 6.07) is 0. The van der Waals surface area contributed by atoms with Gasteiger partial charge in [-0.3, -0.25) is 0 Å². The van der Waals surface area contributed by atoms with Gasteiger partial charge in [0.05, 0.1) is 25.4 Å². The van der Waals surface area contributed by atoms with Crippen LogP contribution in [0.15, 0.2) is 0 Å². The summed E-state index contributed by atoms with van der Waals surface area (Å²) >= 11 is 0. The number of methoxy groups -OCH3 is 1. The zero-order valence-corrected chi connectivity index (χ0v) is 8.56. The van der Waals surface area contributed by atoms with Gasteiger partial charge in [0.2, 0.25) is 0 Å². The summed E-state index contributed by atoms with van der Waals surface area (Å²) in [5.41, 5.74) is 0. The largest absolute Gasteiger partial charge is 0.394 e. The maximum absolute atomic E-state index is 9.28. The van der Waals surface area contributed by atoms with E-state index in [1.165, 1.54) is 0 Å². The number of aliphatic hydroxyl groups is 2. The molecule has 0 bridgehead atoms. The maximum Gasteiger partial charge on any atom is 0.104 e. The van der Waals surface area contributed by atoms with E-state index in [2.05, 4.69) is 0 Å². The Balaban J connectivity index is 3.87. The van der Waals surface area contributed by atoms with Crippen molar-refractivity contribution in [2.75, 3.05) is 20.3 Å². The van der Waals surface area contributed by atoms with E-state index >= 15 is 0 Å². The smallest absolute Gasteiger partial charge is 0.104 e. The minimum Gasteiger partial charge on any atom is -0.394 e. The fraction of sp³-hybridized carbons (Fsp3) is 1.00. The van der Waals surface area contributed by atoms with Gasteiger partial charge in [0.1, 0.15) is 6.10 Å². The molecule has 0 saturated carbocycles. The highest BCUT2D eigenvalue weighted by atomic mass is 16.5. The Morgan fingerprint density at radius 1 is 1.38 bits per heavy atom. The van der Waals surface area contributed by atoms with Crippen LogP contribution in [-0.4, -0.2) is 48.8 Å². The number of aliphatic hydroxyl groups excluding tert-OH is 2. The van der Waals surface area contributed by atoms with E-state index in [4.69, 9.17) is 14.6 Å². The molecule has 13 heavy (non-hydrogen) atoms. The van der Waals surface area contributed by atoms with Crippen molar-refractivity contribution >= 4 is 0 Å². The number of hydrogen-bond acceptors (Lipinski definition) is 4. The predicted octanol–water partition coefficient (Wildman–Crippen LogP) is 0.170. The van der Waals surface area contributed by atoms with Crippen LogP contribution in [-0.2, 0) is 9.47 Å². The molecule has 0 heterocycles. The summed E-state index contributed by atoms with van der Waals surface area (Å²) in [6.07, 6.45) is -0.370. The summed E-state index contributed by atoms with van der Waals surface area (Å²) in [4.78, 5) is 0. The van der Waals surface area contributed by atoms with Gasteiger partial charge in [0.15, 0.2) is 0 Å². The van der Waals surface area contributed by atoms with Crippen LogP contribution in [0.2, 0.25) is 0 Å². The number of rotatable bonds is 7. The van der Waals surface area contributed by atoms with Gasteiger partial charge in [-0.25, -0.2) is 0 Å². The maximum atomic E-state index is 9.28. The van der Waals surface area contributed by atoms with Crippen molar-refractivity contribution in [1.29, 1.82) is 0 Å². The van der Waals surface area contributed by atoms with Crippen molar-refractivity contribution in [3.05, 3.63) is 0 Å². The Bertz CT molecular complexity index is 116. The first-order valence-electron chi connectivity index (χ1n) is 4.59. The van der Waals surface area contributed by atoms with Gasteiger partial charge in [-0.15, -0.1) is 0 Å². The Morgan fingerprint density at radius 3 is 2.31 bits per heavy atom. The van der Waals surface area contributed by atoms with Crippen molar-refractivity contribution in [3.8, 4) is 0 Å². The normalized spacial score (nSPS) is 18.2. The van der Waals surface area contributed by atoms with Crippen LogP contribution in [0.5, 0.6) is 0 Å². The standard InChI is InChI=1S/C9H20O4/c1-4-9(7(2)11)13-8(5-10)6-12-3/h7-11H,4-6H2,1-3H3/t7-,8-,9+/m1/s1. The lowest BCUT2D eigenvalue weighted by atomic mass is 10.2. The molecule has 0 unspecified atom stereocenters. The summed E-state index contributed by atoms with van der Waals surface area (Å²) in [6.45, 7) is 3.87. The molecule has 0 aromatic carbocycles. The van der Waals surface area contributed by atoms with Crippen LogP contribution in [0.1, 0.15) is 20.3 Å². The van der Waals surface area contributed by atoms with Gasteiger partial charge < -0.3 is 19.7 Å². The van der Waals surface area contributed by atoms with Crippen molar-refractivity contribution in [2.24, 2.45) is 0 Å². The molecule has 0 aromatic heterocycles. The monoisotopic (exact) mass is 192 g/mol. The lowest BCUT2D eigenvalue weighted by molar-refractivity contribution is -0.107. The van der Waals surface area contributed by atoms with Crippen LogP contribution in [0.25, 0.3) is 0 Å². The molecule has 80 valence electrons. The van der Waals surface area contributed by atoms with E-state index in [1.54, 1.807) is 14.0 Å². The quantitative estimate of drug-likeness (QED) is 0.603. The highest BCUT2D eigenvalue weighted by Crippen LogP contribution is 2.07. The molecule has 0 spiro atoms. The highest BCUT2D eigenvalue weighted by molar-refractivity contribution is 4.66. The molecule has 0 aliphatic rings. The molecule has 0 fully saturated rings. The minimum atomic E-state index is -0.518. The lowest BCUT2D eigenvalue weighted by Crippen LogP contribution is -2.34. The molecule has 3 atom stereocenters. The average Bonchev–Trinajstić information content (AvgIpc) is 2.11. The fourth-order valence-electron chi connectivity index (χ4n) is 1.12. The summed E-state index contributed by atoms with van der Waals surface area (Å²) in [7, 11) is 1.55. The Hall–Kier alpha value is -0.160. The van der Waals surface area contributed by atoms with Gasteiger partial charge in [-0.05, 0) is 13.3 Å². The molecule has 0 saturated heterocycles. The van der Waals surface area contributed by atoms with Crippen LogP contribution >= 0.6 is 0 Å². The van der Waals surface area contributed by atoms with Crippen LogP contribution in [0.4, 0.5) is 0 Å². The lowest BCUT2D eigenvalue weighted by Gasteiger charge is -2.24. The second kappa shape index (κ2) is 7.26. The molecular weight excluding hydrogens is 172 g/mol. The molecule has 0 aliphatic heterocycles. The van der Waals surface area contributed by atoms with Crippen LogP contribution in [0.3, 0.4) is 0 Å². The summed E-state index contributed by atoms with van der Waals surface area (Å²) in [5.74, 6) is 0. The van der Waals surface area contributed by atoms with Crippen molar-refractivity contribution in [3.63, 3.8) is 0 Å². The molecule has 4 nitrogen and oxygen atoms in total. The van der Waals surface area contributed by atoms with Gasteiger partial charge in [-0.1, -0.05) is 6.92 Å². The predicted molar refractivity (Wildman–Crippen MR) is 49.6 cm³/mol. The molecule has 4 heteroatoms. The third-order valence-electron chi connectivity index (χ3n) is 1.86. The number of ether oxygens (including phenoxy) is 2. The molecule has 0 aromatic rings. The first-order valence-corrected chi connectivity index (χ1v) is 4.59. The first-order chi connectivity index (χ1) is 6.15. The number of hydrogen-bond donors (Lipinski definition) is 2. The molecular formula is C9H20O4. The fourth-order valence-corrected chi connectivity index (χ4v) is 1.12. The first kappa shape index (κ1) is 12.8. The van der Waals surface area contributed by atoms with Crippen molar-refractivity contribution in [1.82, 2.24) is 0 Å². The van der Waals surface area contributed by atoms with Crippen molar-refractivity contribution < 1.29 is 19.7 Å². The highest BCUT2D eigenvalue weighted by Gasteiger charge is 2.18. The third-order valence-corrected chi connectivity index (χ3v) is 1.86. The van der Waals surface area contributed by atoms with E-state index in [0.717, 1.165) is 6.42 Å². The van der Waals surface area contributed by atoms with Gasteiger partial charge in [0, 0.05) is 7.11 Å². The topological polar surface area (TPSA) is 58.9 Å². The van der Waals surface area contributed by atoms with Crippen LogP contribution in [0, 0.1) is 0 Å². The molecule has 0 amide bonds. The Kier molecular flexibility index (Phi) is 7.17. The Morgan fingerprint density at radius 2 is 2.00 bits per heavy atom. The zero-order valence-electron chi connectivity index (χ0n) is 8.56. The third kappa shape index (κ3) is 5.21. The summed E-state index contributed by atoms with van der Waals surface area (Å²) < 4.78 is 10.3. The zero-order chi connectivity index (χ0) is 10.3. The molecule has 2 N–H and O–H groups in total. The average molecular weight is 192 g/mol. The van der Waals surface area contributed by atoms with Crippen molar-refractivity contribution in [2.45, 2.75) is 38.6 Å². The molecule has 0 aliphatic carbocycles. The summed E-state index contributed by atoms with van der Waals surface area (Å²) in [5, 5.41) is 18.2.